The van der Waals surface area contributed by atoms with Gasteiger partial charge in [-0.05, 0) is 67.3 Å². The van der Waals surface area contributed by atoms with Crippen LogP contribution in [0, 0.1) is 11.7 Å². The molecule has 0 saturated carbocycles. The van der Waals surface area contributed by atoms with E-state index in [0.717, 1.165) is 16.9 Å². The Balaban J connectivity index is 0.999. The average molecular weight is 691 g/mol. The predicted octanol–water partition coefficient (Wildman–Crippen LogP) is 5.21. The number of aromatic nitrogens is 3. The van der Waals surface area contributed by atoms with E-state index in [4.69, 9.17) is 4.74 Å². The lowest BCUT2D eigenvalue weighted by molar-refractivity contribution is -0.142. The number of pyridine rings is 1. The molecule has 4 heterocycles. The van der Waals surface area contributed by atoms with Gasteiger partial charge in [0.15, 0.2) is 5.52 Å². The van der Waals surface area contributed by atoms with Gasteiger partial charge in [0.25, 0.3) is 5.56 Å². The molecular weight excluding hydrogens is 647 g/mol. The number of hydrogen-bond acceptors (Lipinski definition) is 8. The summed E-state index contributed by atoms with van der Waals surface area (Å²) < 4.78 is 21.1. The summed E-state index contributed by atoms with van der Waals surface area (Å²) >= 11 is 0. The highest BCUT2D eigenvalue weighted by molar-refractivity contribution is 5.80. The van der Waals surface area contributed by atoms with Gasteiger partial charge in [-0.3, -0.25) is 19.1 Å². The summed E-state index contributed by atoms with van der Waals surface area (Å²) in [4.78, 5) is 40.8. The van der Waals surface area contributed by atoms with E-state index in [1.807, 2.05) is 59.5 Å². The molecule has 2 aromatic heterocycles. The minimum absolute atomic E-state index is 0.0367. The minimum atomic E-state index is -1.18. The van der Waals surface area contributed by atoms with Crippen LogP contribution in [-0.2, 0) is 24.4 Å². The van der Waals surface area contributed by atoms with Gasteiger partial charge in [0, 0.05) is 50.1 Å². The molecule has 2 saturated heterocycles. The van der Waals surface area contributed by atoms with Crippen molar-refractivity contribution in [2.75, 3.05) is 38.6 Å². The molecule has 2 aliphatic rings. The number of ether oxygens (including phenoxy) is 1. The Morgan fingerprint density at radius 3 is 2.47 bits per heavy atom. The van der Waals surface area contributed by atoms with E-state index in [9.17, 15) is 19.1 Å². The number of hydrogen-bond donors (Lipinski definition) is 2. The van der Waals surface area contributed by atoms with Gasteiger partial charge in [0.05, 0.1) is 31.1 Å². The minimum Gasteiger partial charge on any atom is -0.497 e. The molecule has 5 aromatic rings. The molecule has 0 spiro atoms. The van der Waals surface area contributed by atoms with E-state index in [1.165, 1.54) is 17.0 Å². The number of anilines is 1. The molecule has 10 nitrogen and oxygen atoms in total. The lowest BCUT2D eigenvalue weighted by Gasteiger charge is -2.43. The van der Waals surface area contributed by atoms with E-state index in [-0.39, 0.29) is 41.2 Å². The summed E-state index contributed by atoms with van der Waals surface area (Å²) in [5, 5.41) is 14.9. The Morgan fingerprint density at radius 1 is 0.980 bits per heavy atom. The maximum absolute atomic E-state index is 14.5. The van der Waals surface area contributed by atoms with Crippen molar-refractivity contribution in [2.45, 2.75) is 50.4 Å². The third kappa shape index (κ3) is 7.79. The number of methoxy groups -OCH3 is 1. The summed E-state index contributed by atoms with van der Waals surface area (Å²) in [6.45, 7) is 3.19. The number of halogens is 1. The van der Waals surface area contributed by atoms with Gasteiger partial charge < -0.3 is 20.1 Å². The summed E-state index contributed by atoms with van der Waals surface area (Å²) in [7, 11) is 1.63. The van der Waals surface area contributed by atoms with Crippen LogP contribution >= 0.6 is 0 Å². The standard InChI is InChI=1S/C40H43FN6O4/c1-51-31-13-11-28(12-14-31)23-42-36-16-15-35-37(44-36)39(49)47(27-43-35)26-40(50)18-21-46(22-19-40)38(48)32-17-20-45(24-30-9-5-6-10-34(30)41)25-33(32)29-7-3-2-4-8-29/h2-16,27,32-33,50H,17-26H2,1H3,(H,42,44)/t32-,33+/m1/s1. The fraction of sp³-hybridized carbons (Fsp3) is 0.350. The largest absolute Gasteiger partial charge is 0.497 e. The van der Waals surface area contributed by atoms with E-state index in [0.29, 0.717) is 75.4 Å². The Bertz CT molecular complexity index is 2030. The molecule has 3 aromatic carbocycles. The maximum Gasteiger partial charge on any atom is 0.280 e. The summed E-state index contributed by atoms with van der Waals surface area (Å²) in [5.74, 6) is 0.937. The second-order valence-electron chi connectivity index (χ2n) is 13.7. The second kappa shape index (κ2) is 15.0. The van der Waals surface area contributed by atoms with E-state index < -0.39 is 5.60 Å². The quantitative estimate of drug-likeness (QED) is 0.206. The van der Waals surface area contributed by atoms with Crippen molar-refractivity contribution in [3.8, 4) is 5.75 Å². The van der Waals surface area contributed by atoms with Crippen molar-refractivity contribution in [1.29, 1.82) is 0 Å². The molecule has 2 fully saturated rings. The number of amides is 1. The highest BCUT2D eigenvalue weighted by Crippen LogP contribution is 2.36. The third-order valence-electron chi connectivity index (χ3n) is 10.4. The molecule has 2 N–H and O–H groups in total. The summed E-state index contributed by atoms with van der Waals surface area (Å²) in [6, 6.07) is 28.2. The summed E-state index contributed by atoms with van der Waals surface area (Å²) in [6.07, 6.45) is 2.80. The van der Waals surface area contributed by atoms with Crippen LogP contribution < -0.4 is 15.6 Å². The molecule has 0 aliphatic carbocycles. The molecule has 0 radical (unpaired) electrons. The van der Waals surface area contributed by atoms with Crippen LogP contribution in [0.5, 0.6) is 5.75 Å². The second-order valence-corrected chi connectivity index (χ2v) is 13.7. The third-order valence-corrected chi connectivity index (χ3v) is 10.4. The van der Waals surface area contributed by atoms with Crippen molar-refractivity contribution in [2.24, 2.45) is 5.92 Å². The zero-order chi connectivity index (χ0) is 35.4. The number of carbonyl (C=O) groups is 1. The van der Waals surface area contributed by atoms with Crippen molar-refractivity contribution < 1.29 is 19.0 Å². The molecule has 0 bridgehead atoms. The number of piperidine rings is 2. The Labute approximate surface area is 296 Å². The van der Waals surface area contributed by atoms with Crippen LogP contribution in [0.2, 0.25) is 0 Å². The molecule has 11 heteroatoms. The fourth-order valence-corrected chi connectivity index (χ4v) is 7.40. The Kier molecular flexibility index (Phi) is 10.1. The molecule has 0 unspecified atom stereocenters. The van der Waals surface area contributed by atoms with Crippen LogP contribution in [-0.4, -0.2) is 74.2 Å². The van der Waals surface area contributed by atoms with Crippen LogP contribution in [0.15, 0.2) is 102 Å². The smallest absolute Gasteiger partial charge is 0.280 e. The number of nitrogens with zero attached hydrogens (tertiary/aromatic N) is 5. The van der Waals surface area contributed by atoms with Crippen molar-refractivity contribution >= 4 is 22.8 Å². The van der Waals surface area contributed by atoms with Crippen molar-refractivity contribution in [3.05, 3.63) is 130 Å². The van der Waals surface area contributed by atoms with Crippen LogP contribution in [0.1, 0.15) is 41.9 Å². The molecule has 2 atom stereocenters. The first-order chi connectivity index (χ1) is 24.8. The normalized spacial score (nSPS) is 19.2. The number of nitrogens with one attached hydrogen (secondary N) is 1. The first-order valence-corrected chi connectivity index (χ1v) is 17.5. The van der Waals surface area contributed by atoms with Gasteiger partial charge in [-0.25, -0.2) is 14.4 Å². The molecular formula is C40H43FN6O4. The monoisotopic (exact) mass is 690 g/mol. The molecule has 7 rings (SSSR count). The van der Waals surface area contributed by atoms with Gasteiger partial charge in [-0.2, -0.15) is 0 Å². The molecule has 264 valence electrons. The van der Waals surface area contributed by atoms with E-state index in [1.54, 1.807) is 25.3 Å². The van der Waals surface area contributed by atoms with Crippen LogP contribution in [0.4, 0.5) is 10.2 Å². The van der Waals surface area contributed by atoms with Crippen LogP contribution in [0.25, 0.3) is 11.0 Å². The summed E-state index contributed by atoms with van der Waals surface area (Å²) in [5.41, 5.74) is 1.99. The number of carbonyl (C=O) groups excluding carboxylic acids is 1. The lowest BCUT2D eigenvalue weighted by Crippen LogP contribution is -2.53. The first-order valence-electron chi connectivity index (χ1n) is 17.5. The van der Waals surface area contributed by atoms with Gasteiger partial charge in [-0.15, -0.1) is 0 Å². The predicted molar refractivity (Wildman–Crippen MR) is 194 cm³/mol. The lowest BCUT2D eigenvalue weighted by atomic mass is 9.79. The number of rotatable bonds is 10. The van der Waals surface area contributed by atoms with Crippen molar-refractivity contribution in [1.82, 2.24) is 24.3 Å². The number of likely N-dealkylation sites (tertiary alicyclic amines) is 2. The van der Waals surface area contributed by atoms with E-state index in [2.05, 4.69) is 32.3 Å². The number of benzene rings is 3. The number of fused-ring (bicyclic) bond motifs is 1. The van der Waals surface area contributed by atoms with Gasteiger partial charge >= 0.3 is 0 Å². The van der Waals surface area contributed by atoms with E-state index >= 15 is 0 Å². The molecule has 1 amide bonds. The zero-order valence-corrected chi connectivity index (χ0v) is 28.7. The Morgan fingerprint density at radius 2 is 1.73 bits per heavy atom. The molecule has 2 aliphatic heterocycles. The zero-order valence-electron chi connectivity index (χ0n) is 28.7. The highest BCUT2D eigenvalue weighted by atomic mass is 19.1. The average Bonchev–Trinajstić information content (AvgIpc) is 3.16. The SMILES string of the molecule is COc1ccc(CNc2ccc3ncn(CC4(O)CCN(C(=O)[C@@H]5CCN(Cc6ccccc6F)C[C@H]5c5ccccc5)CC4)c(=O)c3n2)cc1. The Hall–Kier alpha value is -5.13. The fourth-order valence-electron chi connectivity index (χ4n) is 7.40. The first kappa shape index (κ1) is 34.3. The topological polar surface area (TPSA) is 113 Å². The van der Waals surface area contributed by atoms with Crippen LogP contribution in [0.3, 0.4) is 0 Å². The highest BCUT2D eigenvalue weighted by Gasteiger charge is 2.41. The number of aliphatic hydroxyl groups is 1. The van der Waals surface area contributed by atoms with Crippen molar-refractivity contribution in [3.63, 3.8) is 0 Å². The van der Waals surface area contributed by atoms with Gasteiger partial charge in [-0.1, -0.05) is 60.7 Å². The van der Waals surface area contributed by atoms with Gasteiger partial charge in [0.1, 0.15) is 17.4 Å². The molecule has 51 heavy (non-hydrogen) atoms. The van der Waals surface area contributed by atoms with Gasteiger partial charge in [0.2, 0.25) is 5.91 Å². The maximum atomic E-state index is 14.5.